The number of aryl methyl sites for hydroxylation is 4. The first-order valence-electron chi connectivity index (χ1n) is 20.9. The number of amides is 2. The van der Waals surface area contributed by atoms with E-state index in [2.05, 4.69) is 62.0 Å². The summed E-state index contributed by atoms with van der Waals surface area (Å²) in [6.07, 6.45) is 8.76. The van der Waals surface area contributed by atoms with Crippen LogP contribution < -0.4 is 41.4 Å². The monoisotopic (exact) mass is 922 g/mol. The molecule has 0 fully saturated rings. The van der Waals surface area contributed by atoms with Crippen molar-refractivity contribution in [3.63, 3.8) is 0 Å². The van der Waals surface area contributed by atoms with Gasteiger partial charge >= 0.3 is 0 Å². The van der Waals surface area contributed by atoms with Crippen molar-refractivity contribution in [3.05, 3.63) is 144 Å². The van der Waals surface area contributed by atoms with E-state index < -0.39 is 11.6 Å². The van der Waals surface area contributed by atoms with Crippen molar-refractivity contribution in [1.82, 2.24) is 50.1 Å². The summed E-state index contributed by atoms with van der Waals surface area (Å²) in [5, 5.41) is 26.6. The van der Waals surface area contributed by atoms with Crippen LogP contribution in [0.1, 0.15) is 31.8 Å². The highest BCUT2D eigenvalue weighted by Gasteiger charge is 2.20. The van der Waals surface area contributed by atoms with Crippen molar-refractivity contribution in [3.8, 4) is 34.0 Å². The average molecular weight is 923 g/mol. The van der Waals surface area contributed by atoms with Crippen LogP contribution in [0.5, 0.6) is 11.5 Å². The first-order valence-corrected chi connectivity index (χ1v) is 20.9. The molecule has 6 N–H and O–H groups in total. The zero-order valence-electron chi connectivity index (χ0n) is 38.4. The maximum Gasteiger partial charge on any atom is 0.254 e. The molecule has 0 aliphatic carbocycles. The molecule has 0 aliphatic heterocycles. The number of carbonyl (C=O) groups excluding carboxylic acids is 2. The maximum absolute atomic E-state index is 13.6. The van der Waals surface area contributed by atoms with Crippen LogP contribution in [-0.2, 0) is 14.1 Å². The molecular weight excluding hydrogens is 875 g/mol. The summed E-state index contributed by atoms with van der Waals surface area (Å²) in [5.41, 5.74) is 7.13. The van der Waals surface area contributed by atoms with Gasteiger partial charge in [-0.05, 0) is 73.5 Å². The summed E-state index contributed by atoms with van der Waals surface area (Å²) in [6.45, 7) is 3.30. The van der Waals surface area contributed by atoms with Crippen molar-refractivity contribution in [2.75, 3.05) is 49.6 Å². The van der Waals surface area contributed by atoms with Crippen molar-refractivity contribution >= 4 is 57.8 Å². The zero-order valence-corrected chi connectivity index (χ0v) is 38.4. The van der Waals surface area contributed by atoms with Gasteiger partial charge in [0, 0.05) is 76.2 Å². The molecular formula is C48H48F2N14O4. The lowest BCUT2D eigenvalue weighted by Gasteiger charge is -2.17. The molecule has 0 atom stereocenters. The summed E-state index contributed by atoms with van der Waals surface area (Å²) >= 11 is 0. The Morgan fingerprint density at radius 3 is 1.49 bits per heavy atom. The fourth-order valence-electron chi connectivity index (χ4n) is 6.96. The molecule has 8 rings (SSSR count). The van der Waals surface area contributed by atoms with E-state index in [1.165, 1.54) is 12.4 Å². The molecule has 0 unspecified atom stereocenters. The van der Waals surface area contributed by atoms with Gasteiger partial charge in [0.1, 0.15) is 34.9 Å². The SMILES string of the molecule is CNC(=O)c1cnc(Nc2cc(C)c(F)cn2)cc1Nc1cccc(-c2ccn(C)n2)c1OC.CNC(=O)c1cnc(Nc2cc(C)c(F)cn2)cc1Nc1cccc(-c2ccnn2C)c1OC. The molecule has 0 radical (unpaired) electrons. The van der Waals surface area contributed by atoms with Gasteiger partial charge in [-0.25, -0.2) is 28.7 Å². The summed E-state index contributed by atoms with van der Waals surface area (Å²) in [6, 6.07) is 21.6. The quantitative estimate of drug-likeness (QED) is 0.0605. The maximum atomic E-state index is 13.6. The van der Waals surface area contributed by atoms with Crippen LogP contribution in [0.2, 0.25) is 0 Å². The number of carbonyl (C=O) groups is 2. The summed E-state index contributed by atoms with van der Waals surface area (Å²) in [4.78, 5) is 41.8. The Morgan fingerprint density at radius 1 is 0.588 bits per heavy atom. The zero-order chi connectivity index (χ0) is 48.5. The highest BCUT2D eigenvalue weighted by atomic mass is 19.1. The van der Waals surface area contributed by atoms with Gasteiger partial charge in [-0.15, -0.1) is 0 Å². The van der Waals surface area contributed by atoms with Crippen LogP contribution >= 0.6 is 0 Å². The van der Waals surface area contributed by atoms with Gasteiger partial charge in [0.25, 0.3) is 11.8 Å². The van der Waals surface area contributed by atoms with Crippen molar-refractivity contribution in [2.24, 2.45) is 14.1 Å². The Balaban J connectivity index is 0.000000201. The van der Waals surface area contributed by atoms with Gasteiger partial charge in [0.15, 0.2) is 11.5 Å². The molecule has 0 aliphatic rings. The third-order valence-electron chi connectivity index (χ3n) is 10.4. The summed E-state index contributed by atoms with van der Waals surface area (Å²) in [7, 11) is 9.96. The van der Waals surface area contributed by atoms with Gasteiger partial charge in [0.05, 0.1) is 71.9 Å². The van der Waals surface area contributed by atoms with E-state index >= 15 is 0 Å². The van der Waals surface area contributed by atoms with Gasteiger partial charge in [-0.1, -0.05) is 12.1 Å². The number of nitrogens with zero attached hydrogens (tertiary/aromatic N) is 8. The van der Waals surface area contributed by atoms with Crippen LogP contribution in [0.25, 0.3) is 22.5 Å². The third kappa shape index (κ3) is 10.6. The number of aromatic nitrogens is 8. The second-order valence-corrected chi connectivity index (χ2v) is 15.0. The number of nitrogens with one attached hydrogen (secondary N) is 6. The minimum Gasteiger partial charge on any atom is -0.494 e. The number of benzene rings is 2. The number of hydrogen-bond acceptors (Lipinski definition) is 14. The Morgan fingerprint density at radius 2 is 1.06 bits per heavy atom. The largest absolute Gasteiger partial charge is 0.494 e. The average Bonchev–Trinajstić information content (AvgIpc) is 3.98. The molecule has 0 saturated heterocycles. The first-order chi connectivity index (χ1) is 32.8. The molecule has 348 valence electrons. The predicted octanol–water partition coefficient (Wildman–Crippen LogP) is 8.36. The van der Waals surface area contributed by atoms with Crippen LogP contribution in [0.3, 0.4) is 0 Å². The number of hydrogen-bond donors (Lipinski definition) is 6. The van der Waals surface area contributed by atoms with E-state index in [0.717, 1.165) is 34.9 Å². The van der Waals surface area contributed by atoms with Crippen LogP contribution in [0.4, 0.5) is 54.8 Å². The summed E-state index contributed by atoms with van der Waals surface area (Å²) in [5.74, 6) is 1.48. The first kappa shape index (κ1) is 47.0. The van der Waals surface area contributed by atoms with Crippen molar-refractivity contribution < 1.29 is 27.8 Å². The molecule has 68 heavy (non-hydrogen) atoms. The van der Waals surface area contributed by atoms with E-state index in [1.807, 2.05) is 68.8 Å². The van der Waals surface area contributed by atoms with E-state index in [1.54, 1.807) is 82.0 Å². The highest BCUT2D eigenvalue weighted by Crippen LogP contribution is 2.40. The van der Waals surface area contributed by atoms with Gasteiger partial charge < -0.3 is 41.4 Å². The lowest BCUT2D eigenvalue weighted by Crippen LogP contribution is -2.19. The smallest absolute Gasteiger partial charge is 0.254 e. The number of ether oxygens (including phenoxy) is 2. The standard InChI is InChI=1S/2C24H24FN7O2/c1-14-10-21(28-13-17(14)25)30-22-11-20(16(12-27-22)24(33)26-2)29-19-7-5-6-15(23(19)34-4)18-8-9-32(3)31-18;1-14-10-21(28-13-17(14)25)31-22-11-19(16(12-27-22)24(33)26-2)30-18-7-5-6-15(23(18)34-4)20-8-9-29-32(20)3/h5-13H,1-4H3,(H,26,33)(H2,27,28,29,30);5-13H,1-4H3,(H,26,33)(H2,27,28,30,31). The second-order valence-electron chi connectivity index (χ2n) is 15.0. The minimum absolute atomic E-state index is 0.306. The molecule has 0 spiro atoms. The highest BCUT2D eigenvalue weighted by molar-refractivity contribution is 6.01. The molecule has 6 aromatic heterocycles. The van der Waals surface area contributed by atoms with Crippen LogP contribution in [-0.4, -0.2) is 79.6 Å². The minimum atomic E-state index is -0.393. The molecule has 20 heteroatoms. The Bertz CT molecular complexity index is 3120. The van der Waals surface area contributed by atoms with E-state index in [9.17, 15) is 18.4 Å². The number of pyridine rings is 4. The molecule has 0 saturated carbocycles. The van der Waals surface area contributed by atoms with Crippen LogP contribution in [0, 0.1) is 25.5 Å². The lowest BCUT2D eigenvalue weighted by molar-refractivity contribution is 0.0955. The van der Waals surface area contributed by atoms with Crippen molar-refractivity contribution in [1.29, 1.82) is 0 Å². The molecule has 18 nitrogen and oxygen atoms in total. The molecule has 2 amide bonds. The second kappa shape index (κ2) is 20.9. The fraction of sp³-hybridized carbons (Fsp3) is 0.167. The number of anilines is 8. The number of methoxy groups -OCH3 is 2. The van der Waals surface area contributed by atoms with Crippen LogP contribution in [0.15, 0.2) is 110 Å². The van der Waals surface area contributed by atoms with E-state index in [4.69, 9.17) is 9.47 Å². The van der Waals surface area contributed by atoms with E-state index in [0.29, 0.717) is 79.8 Å². The summed E-state index contributed by atoms with van der Waals surface area (Å²) < 4.78 is 42.0. The molecule has 8 aromatic rings. The third-order valence-corrected chi connectivity index (χ3v) is 10.4. The Labute approximate surface area is 390 Å². The van der Waals surface area contributed by atoms with Crippen molar-refractivity contribution in [2.45, 2.75) is 13.8 Å². The normalized spacial score (nSPS) is 10.6. The molecule has 0 bridgehead atoms. The lowest BCUT2D eigenvalue weighted by atomic mass is 10.1. The van der Waals surface area contributed by atoms with Gasteiger partial charge in [-0.2, -0.15) is 10.2 Å². The fourth-order valence-corrected chi connectivity index (χ4v) is 6.96. The number of para-hydroxylation sites is 2. The number of halogens is 2. The Hall–Kier alpha value is -8.94. The van der Waals surface area contributed by atoms with Gasteiger partial charge in [0.2, 0.25) is 0 Å². The number of rotatable bonds is 14. The topological polar surface area (TPSA) is 212 Å². The van der Waals surface area contributed by atoms with E-state index in [-0.39, 0.29) is 11.8 Å². The van der Waals surface area contributed by atoms with Gasteiger partial charge in [-0.3, -0.25) is 19.0 Å². The predicted molar refractivity (Wildman–Crippen MR) is 257 cm³/mol. The molecule has 6 heterocycles. The molecule has 2 aromatic carbocycles. The Kier molecular flexibility index (Phi) is 14.5.